The number of carbonyl (C=O) groups excluding carboxylic acids is 1. The number of halogens is 1. The van der Waals surface area contributed by atoms with Crippen LogP contribution in [0.1, 0.15) is 13.3 Å². The van der Waals surface area contributed by atoms with Gasteiger partial charge in [0.1, 0.15) is 5.15 Å². The van der Waals surface area contributed by atoms with Crippen LogP contribution in [0.15, 0.2) is 12.4 Å². The van der Waals surface area contributed by atoms with Crippen molar-refractivity contribution in [3.63, 3.8) is 0 Å². The van der Waals surface area contributed by atoms with Crippen molar-refractivity contribution in [3.8, 4) is 0 Å². The summed E-state index contributed by atoms with van der Waals surface area (Å²) in [6.45, 7) is 1.76. The molecule has 1 aromatic rings. The van der Waals surface area contributed by atoms with E-state index in [0.29, 0.717) is 12.2 Å². The van der Waals surface area contributed by atoms with Gasteiger partial charge in [0.2, 0.25) is 5.91 Å². The zero-order chi connectivity index (χ0) is 8.97. The molecule has 4 nitrogen and oxygen atoms in total. The van der Waals surface area contributed by atoms with Crippen LogP contribution in [0.5, 0.6) is 0 Å². The average molecular weight is 186 g/mol. The van der Waals surface area contributed by atoms with Gasteiger partial charge in [-0.2, -0.15) is 0 Å². The maximum absolute atomic E-state index is 10.9. The summed E-state index contributed by atoms with van der Waals surface area (Å²) >= 11 is 5.55. The predicted molar refractivity (Wildman–Crippen MR) is 46.0 cm³/mol. The van der Waals surface area contributed by atoms with E-state index in [9.17, 15) is 4.79 Å². The molecule has 0 unspecified atom stereocenters. The number of aromatic nitrogens is 2. The van der Waals surface area contributed by atoms with Gasteiger partial charge >= 0.3 is 0 Å². The molecular weight excluding hydrogens is 178 g/mol. The Labute approximate surface area is 75.0 Å². The molecular formula is C7H8ClN3O. The van der Waals surface area contributed by atoms with Crippen LogP contribution < -0.4 is 5.32 Å². The Morgan fingerprint density at radius 2 is 2.42 bits per heavy atom. The Balaban J connectivity index is 2.69. The van der Waals surface area contributed by atoms with Gasteiger partial charge in [0.05, 0.1) is 12.4 Å². The fourth-order valence-corrected chi connectivity index (χ4v) is 0.781. The highest BCUT2D eigenvalue weighted by Crippen LogP contribution is 2.06. The van der Waals surface area contributed by atoms with Crippen LogP contribution in [-0.4, -0.2) is 15.9 Å². The SMILES string of the molecule is CCC(=O)Nc1cncc(Cl)n1. The second-order valence-corrected chi connectivity index (χ2v) is 2.52. The lowest BCUT2D eigenvalue weighted by Gasteiger charge is -2.00. The van der Waals surface area contributed by atoms with Crippen molar-refractivity contribution in [2.45, 2.75) is 13.3 Å². The zero-order valence-electron chi connectivity index (χ0n) is 6.54. The van der Waals surface area contributed by atoms with Crippen LogP contribution >= 0.6 is 11.6 Å². The van der Waals surface area contributed by atoms with Gasteiger partial charge in [-0.1, -0.05) is 18.5 Å². The van der Waals surface area contributed by atoms with Crippen molar-refractivity contribution >= 4 is 23.3 Å². The molecule has 12 heavy (non-hydrogen) atoms. The van der Waals surface area contributed by atoms with Crippen molar-refractivity contribution in [1.29, 1.82) is 0 Å². The van der Waals surface area contributed by atoms with Crippen LogP contribution in [0.4, 0.5) is 5.82 Å². The third kappa shape index (κ3) is 2.47. The predicted octanol–water partition coefficient (Wildman–Crippen LogP) is 1.48. The molecule has 5 heteroatoms. The highest BCUT2D eigenvalue weighted by molar-refractivity contribution is 6.29. The summed E-state index contributed by atoms with van der Waals surface area (Å²) in [5.74, 6) is 0.279. The molecule has 0 aliphatic rings. The Kier molecular flexibility index (Phi) is 2.99. The van der Waals surface area contributed by atoms with E-state index in [1.54, 1.807) is 6.92 Å². The van der Waals surface area contributed by atoms with E-state index in [4.69, 9.17) is 11.6 Å². The molecule has 0 fully saturated rings. The minimum atomic E-state index is -0.105. The maximum atomic E-state index is 10.9. The molecule has 0 atom stereocenters. The van der Waals surface area contributed by atoms with E-state index >= 15 is 0 Å². The van der Waals surface area contributed by atoms with Crippen molar-refractivity contribution in [3.05, 3.63) is 17.5 Å². The number of carbonyl (C=O) groups is 1. The number of hydrogen-bond donors (Lipinski definition) is 1. The molecule has 1 N–H and O–H groups in total. The summed E-state index contributed by atoms with van der Waals surface area (Å²) in [4.78, 5) is 18.5. The van der Waals surface area contributed by atoms with Gasteiger partial charge in [-0.05, 0) is 0 Å². The van der Waals surface area contributed by atoms with Crippen LogP contribution in [0.25, 0.3) is 0 Å². The number of nitrogens with one attached hydrogen (secondary N) is 1. The third-order valence-corrected chi connectivity index (χ3v) is 1.38. The molecule has 0 aliphatic carbocycles. The molecule has 1 amide bonds. The smallest absolute Gasteiger partial charge is 0.225 e. The average Bonchev–Trinajstić information content (AvgIpc) is 2.04. The Hall–Kier alpha value is -1.16. The molecule has 0 saturated heterocycles. The van der Waals surface area contributed by atoms with Crippen molar-refractivity contribution in [2.75, 3.05) is 5.32 Å². The largest absolute Gasteiger partial charge is 0.309 e. The number of rotatable bonds is 2. The van der Waals surface area contributed by atoms with E-state index in [0.717, 1.165) is 0 Å². The van der Waals surface area contributed by atoms with E-state index < -0.39 is 0 Å². The first kappa shape index (κ1) is 8.93. The lowest BCUT2D eigenvalue weighted by molar-refractivity contribution is -0.115. The summed E-state index contributed by atoms with van der Waals surface area (Å²) in [7, 11) is 0. The number of hydrogen-bond acceptors (Lipinski definition) is 3. The van der Waals surface area contributed by atoms with Gasteiger partial charge in [-0.15, -0.1) is 0 Å². The molecule has 0 aromatic carbocycles. The molecule has 0 spiro atoms. The zero-order valence-corrected chi connectivity index (χ0v) is 7.30. The van der Waals surface area contributed by atoms with Crippen molar-refractivity contribution in [2.24, 2.45) is 0 Å². The summed E-state index contributed by atoms with van der Waals surface area (Å²) in [5, 5.41) is 2.80. The first-order valence-electron chi connectivity index (χ1n) is 3.49. The Bertz CT molecular complexity index is 290. The highest BCUT2D eigenvalue weighted by Gasteiger charge is 2.00. The normalized spacial score (nSPS) is 9.50. The fourth-order valence-electron chi connectivity index (χ4n) is 0.634. The van der Waals surface area contributed by atoms with Crippen LogP contribution in [-0.2, 0) is 4.79 Å². The van der Waals surface area contributed by atoms with E-state index in [-0.39, 0.29) is 11.1 Å². The van der Waals surface area contributed by atoms with Gasteiger partial charge in [0.15, 0.2) is 5.82 Å². The summed E-state index contributed by atoms with van der Waals surface area (Å²) in [6.07, 6.45) is 3.26. The molecule has 1 aromatic heterocycles. The quantitative estimate of drug-likeness (QED) is 0.760. The van der Waals surface area contributed by atoms with Gasteiger partial charge in [-0.3, -0.25) is 9.78 Å². The summed E-state index contributed by atoms with van der Waals surface area (Å²) in [6, 6.07) is 0. The number of nitrogens with zero attached hydrogens (tertiary/aromatic N) is 2. The van der Waals surface area contributed by atoms with Gasteiger partial charge in [-0.25, -0.2) is 4.98 Å². The summed E-state index contributed by atoms with van der Waals surface area (Å²) in [5.41, 5.74) is 0. The molecule has 1 rings (SSSR count). The Morgan fingerprint density at radius 1 is 1.67 bits per heavy atom. The van der Waals surface area contributed by atoms with E-state index in [2.05, 4.69) is 15.3 Å². The molecule has 0 aliphatic heterocycles. The van der Waals surface area contributed by atoms with E-state index in [1.165, 1.54) is 12.4 Å². The third-order valence-electron chi connectivity index (χ3n) is 1.19. The van der Waals surface area contributed by atoms with E-state index in [1.807, 2.05) is 0 Å². The minimum absolute atomic E-state index is 0.105. The van der Waals surface area contributed by atoms with Gasteiger partial charge < -0.3 is 5.32 Å². The molecule has 0 saturated carbocycles. The lowest BCUT2D eigenvalue weighted by Crippen LogP contribution is -2.10. The van der Waals surface area contributed by atoms with Gasteiger partial charge in [0.25, 0.3) is 0 Å². The lowest BCUT2D eigenvalue weighted by atomic mass is 10.4. The highest BCUT2D eigenvalue weighted by atomic mass is 35.5. The monoisotopic (exact) mass is 185 g/mol. The summed E-state index contributed by atoms with van der Waals surface area (Å²) < 4.78 is 0. The maximum Gasteiger partial charge on any atom is 0.225 e. The van der Waals surface area contributed by atoms with Crippen LogP contribution in [0.3, 0.4) is 0 Å². The topological polar surface area (TPSA) is 54.9 Å². The molecule has 0 bridgehead atoms. The van der Waals surface area contributed by atoms with Crippen molar-refractivity contribution in [1.82, 2.24) is 9.97 Å². The standard InChI is InChI=1S/C7H8ClN3O/c1-2-7(12)11-6-4-9-3-5(8)10-6/h3-4H,2H2,1H3,(H,10,11,12). The minimum Gasteiger partial charge on any atom is -0.309 e. The van der Waals surface area contributed by atoms with Crippen LogP contribution in [0.2, 0.25) is 5.15 Å². The van der Waals surface area contributed by atoms with Crippen molar-refractivity contribution < 1.29 is 4.79 Å². The molecule has 0 radical (unpaired) electrons. The molecule has 1 heterocycles. The second-order valence-electron chi connectivity index (χ2n) is 2.13. The Morgan fingerprint density at radius 3 is 3.00 bits per heavy atom. The molecule has 64 valence electrons. The number of anilines is 1. The first-order valence-corrected chi connectivity index (χ1v) is 3.87. The number of amides is 1. The fraction of sp³-hybridized carbons (Fsp3) is 0.286. The second kappa shape index (κ2) is 4.01. The van der Waals surface area contributed by atoms with Crippen LogP contribution in [0, 0.1) is 0 Å². The van der Waals surface area contributed by atoms with Gasteiger partial charge in [0, 0.05) is 6.42 Å². The first-order chi connectivity index (χ1) is 5.72.